The van der Waals surface area contributed by atoms with Gasteiger partial charge in [0.1, 0.15) is 11.9 Å². The van der Waals surface area contributed by atoms with Crippen LogP contribution in [0.3, 0.4) is 0 Å². The maximum Gasteiger partial charge on any atom is 0.229 e. The van der Waals surface area contributed by atoms with E-state index in [1.807, 2.05) is 0 Å². The molecule has 0 amide bonds. The Morgan fingerprint density at radius 1 is 1.29 bits per heavy atom. The monoisotopic (exact) mass is 196 g/mol. The van der Waals surface area contributed by atoms with E-state index in [1.165, 1.54) is 26.8 Å². The van der Waals surface area contributed by atoms with E-state index in [-0.39, 0.29) is 0 Å². The summed E-state index contributed by atoms with van der Waals surface area (Å²) in [6.07, 6.45) is 2.91. The van der Waals surface area contributed by atoms with Crippen molar-refractivity contribution in [2.45, 2.75) is 0 Å². The molecule has 0 bridgehead atoms. The molecule has 0 atom stereocenters. The van der Waals surface area contributed by atoms with E-state index < -0.39 is 0 Å². The van der Waals surface area contributed by atoms with Gasteiger partial charge in [0, 0.05) is 7.05 Å². The Morgan fingerprint density at radius 2 is 1.86 bits per heavy atom. The zero-order valence-electron chi connectivity index (χ0n) is 8.31. The summed E-state index contributed by atoms with van der Waals surface area (Å²) in [5, 5.41) is 3.84. The van der Waals surface area contributed by atoms with Gasteiger partial charge < -0.3 is 14.9 Å². The molecule has 1 rings (SSSR count). The Balaban J connectivity index is 3.12. The molecule has 1 aromatic rings. The third-order valence-electron chi connectivity index (χ3n) is 1.52. The highest BCUT2D eigenvalue weighted by Crippen LogP contribution is 2.20. The summed E-state index contributed by atoms with van der Waals surface area (Å²) >= 11 is 0. The summed E-state index contributed by atoms with van der Waals surface area (Å²) in [5.41, 5.74) is 3.23. The van der Waals surface area contributed by atoms with Crippen LogP contribution in [-0.2, 0) is 0 Å². The average Bonchev–Trinajstić information content (AvgIpc) is 2.25. The Morgan fingerprint density at radius 3 is 2.29 bits per heavy atom. The number of nitrogens with zero attached hydrogens (tertiary/aromatic N) is 3. The van der Waals surface area contributed by atoms with Gasteiger partial charge in [0.05, 0.1) is 20.4 Å². The summed E-state index contributed by atoms with van der Waals surface area (Å²) in [5.74, 6) is 0.853. The van der Waals surface area contributed by atoms with Gasteiger partial charge in [-0.15, -0.1) is 0 Å². The molecule has 0 aliphatic carbocycles. The molecule has 1 heterocycles. The predicted molar refractivity (Wildman–Crippen MR) is 51.8 cm³/mol. The van der Waals surface area contributed by atoms with Crippen LogP contribution in [0.2, 0.25) is 0 Å². The van der Waals surface area contributed by atoms with E-state index in [1.54, 1.807) is 7.05 Å². The fourth-order valence-corrected chi connectivity index (χ4v) is 0.929. The van der Waals surface area contributed by atoms with Gasteiger partial charge in [-0.2, -0.15) is 5.10 Å². The number of nitrogens with one attached hydrogen (secondary N) is 1. The first-order chi connectivity index (χ1) is 6.83. The number of hydrazone groups is 1. The molecular weight excluding hydrogens is 184 g/mol. The minimum atomic E-state index is 0.427. The molecule has 1 N–H and O–H groups in total. The summed E-state index contributed by atoms with van der Waals surface area (Å²) in [7, 11) is 4.75. The first kappa shape index (κ1) is 10.2. The van der Waals surface area contributed by atoms with E-state index >= 15 is 0 Å². The summed E-state index contributed by atoms with van der Waals surface area (Å²) < 4.78 is 10.1. The number of ether oxygens (including phenoxy) is 2. The first-order valence-corrected chi connectivity index (χ1v) is 3.96. The van der Waals surface area contributed by atoms with Gasteiger partial charge in [-0.25, -0.2) is 9.97 Å². The zero-order chi connectivity index (χ0) is 10.4. The second-order valence-electron chi connectivity index (χ2n) is 2.29. The Kier molecular flexibility index (Phi) is 3.66. The summed E-state index contributed by atoms with van der Waals surface area (Å²) in [6.45, 7) is 0. The van der Waals surface area contributed by atoms with Gasteiger partial charge in [-0.05, 0) is 0 Å². The molecule has 0 unspecified atom stereocenters. The van der Waals surface area contributed by atoms with Gasteiger partial charge in [0.2, 0.25) is 11.8 Å². The van der Waals surface area contributed by atoms with E-state index in [4.69, 9.17) is 9.47 Å². The highest BCUT2D eigenvalue weighted by atomic mass is 16.5. The summed E-state index contributed by atoms with van der Waals surface area (Å²) in [6, 6.07) is 0. The predicted octanol–water partition coefficient (Wildman–Crippen LogP) is 0.0471. The Bertz CT molecular complexity index is 305. The molecule has 1 aromatic heterocycles. The molecule has 0 aliphatic rings. The van der Waals surface area contributed by atoms with Crippen molar-refractivity contribution < 1.29 is 9.47 Å². The largest absolute Gasteiger partial charge is 0.480 e. The topological polar surface area (TPSA) is 68.6 Å². The van der Waals surface area contributed by atoms with Crippen molar-refractivity contribution in [3.8, 4) is 11.8 Å². The van der Waals surface area contributed by atoms with Crippen LogP contribution >= 0.6 is 0 Å². The number of rotatable bonds is 4. The van der Waals surface area contributed by atoms with Crippen molar-refractivity contribution in [2.24, 2.45) is 5.10 Å². The van der Waals surface area contributed by atoms with Crippen molar-refractivity contribution in [1.82, 2.24) is 15.4 Å². The van der Waals surface area contributed by atoms with Crippen LogP contribution in [0, 0.1) is 0 Å². The Labute approximate surface area is 82.0 Å². The molecule has 0 aromatic carbocycles. The normalized spacial score (nSPS) is 10.2. The highest BCUT2D eigenvalue weighted by molar-refractivity contribution is 5.85. The van der Waals surface area contributed by atoms with Crippen LogP contribution in [0.1, 0.15) is 5.56 Å². The Hall–Kier alpha value is -1.85. The van der Waals surface area contributed by atoms with Gasteiger partial charge in [-0.3, -0.25) is 0 Å². The highest BCUT2D eigenvalue weighted by Gasteiger charge is 2.09. The quantitative estimate of drug-likeness (QED) is 0.544. The second-order valence-corrected chi connectivity index (χ2v) is 2.29. The van der Waals surface area contributed by atoms with Gasteiger partial charge in [-0.1, -0.05) is 0 Å². The van der Waals surface area contributed by atoms with Gasteiger partial charge in [0.25, 0.3) is 0 Å². The maximum absolute atomic E-state index is 5.03. The molecular formula is C8H12N4O2. The maximum atomic E-state index is 5.03. The lowest BCUT2D eigenvalue weighted by Gasteiger charge is -2.06. The van der Waals surface area contributed by atoms with Crippen LogP contribution in [-0.4, -0.2) is 37.4 Å². The molecule has 76 valence electrons. The fourth-order valence-electron chi connectivity index (χ4n) is 0.929. The molecule has 0 fully saturated rings. The molecule has 0 radical (unpaired) electrons. The molecule has 0 aliphatic heterocycles. The van der Waals surface area contributed by atoms with Crippen molar-refractivity contribution in [1.29, 1.82) is 0 Å². The average molecular weight is 196 g/mol. The standard InChI is InChI=1S/C8H12N4O2/c1-9-12-4-6-7(13-2)10-5-11-8(6)14-3/h4-5,9H,1-3H3. The van der Waals surface area contributed by atoms with Crippen molar-refractivity contribution in [2.75, 3.05) is 21.3 Å². The van der Waals surface area contributed by atoms with E-state index in [2.05, 4.69) is 20.5 Å². The van der Waals surface area contributed by atoms with Crippen LogP contribution < -0.4 is 14.9 Å². The minimum absolute atomic E-state index is 0.427. The van der Waals surface area contributed by atoms with Crippen molar-refractivity contribution in [3.05, 3.63) is 11.9 Å². The van der Waals surface area contributed by atoms with E-state index in [0.29, 0.717) is 17.3 Å². The number of hydrogen-bond acceptors (Lipinski definition) is 6. The van der Waals surface area contributed by atoms with E-state index in [0.717, 1.165) is 0 Å². The SMILES string of the molecule is CNN=Cc1c(OC)ncnc1OC. The minimum Gasteiger partial charge on any atom is -0.480 e. The lowest BCUT2D eigenvalue weighted by atomic mass is 10.3. The smallest absolute Gasteiger partial charge is 0.229 e. The van der Waals surface area contributed by atoms with Crippen LogP contribution in [0.5, 0.6) is 11.8 Å². The molecule has 6 heteroatoms. The molecule has 14 heavy (non-hydrogen) atoms. The number of methoxy groups -OCH3 is 2. The third-order valence-corrected chi connectivity index (χ3v) is 1.52. The molecule has 6 nitrogen and oxygen atoms in total. The van der Waals surface area contributed by atoms with Crippen LogP contribution in [0.4, 0.5) is 0 Å². The van der Waals surface area contributed by atoms with Crippen LogP contribution in [0.25, 0.3) is 0 Å². The number of hydrogen-bond donors (Lipinski definition) is 1. The first-order valence-electron chi connectivity index (χ1n) is 3.96. The van der Waals surface area contributed by atoms with Crippen molar-refractivity contribution >= 4 is 6.21 Å². The zero-order valence-corrected chi connectivity index (χ0v) is 8.31. The van der Waals surface area contributed by atoms with Crippen molar-refractivity contribution in [3.63, 3.8) is 0 Å². The fraction of sp³-hybridized carbons (Fsp3) is 0.375. The molecule has 0 saturated carbocycles. The number of aromatic nitrogens is 2. The van der Waals surface area contributed by atoms with E-state index in [9.17, 15) is 0 Å². The second kappa shape index (κ2) is 5.00. The van der Waals surface area contributed by atoms with Gasteiger partial charge in [0.15, 0.2) is 0 Å². The summed E-state index contributed by atoms with van der Waals surface area (Å²) in [4.78, 5) is 7.85. The lowest BCUT2D eigenvalue weighted by Crippen LogP contribution is -2.02. The van der Waals surface area contributed by atoms with Gasteiger partial charge >= 0.3 is 0 Å². The molecule has 0 spiro atoms. The molecule has 0 saturated heterocycles. The van der Waals surface area contributed by atoms with Crippen LogP contribution in [0.15, 0.2) is 11.4 Å². The third kappa shape index (κ3) is 2.09. The lowest BCUT2D eigenvalue weighted by molar-refractivity contribution is 0.370.